The van der Waals surface area contributed by atoms with E-state index in [1.807, 2.05) is 24.3 Å². The van der Waals surface area contributed by atoms with Gasteiger partial charge in [0.1, 0.15) is 0 Å². The fourth-order valence-corrected chi connectivity index (χ4v) is 1.86. The molecule has 0 fully saturated rings. The molecule has 0 aromatic heterocycles. The molecule has 0 atom stereocenters. The van der Waals surface area contributed by atoms with Crippen molar-refractivity contribution in [1.29, 1.82) is 0 Å². The molecule has 0 aliphatic heterocycles. The molecule has 0 amide bonds. The summed E-state index contributed by atoms with van der Waals surface area (Å²) in [7, 11) is 0. The van der Waals surface area contributed by atoms with Crippen LogP contribution < -0.4 is 0 Å². The van der Waals surface area contributed by atoms with Crippen LogP contribution in [-0.4, -0.2) is 0 Å². The zero-order valence-electron chi connectivity index (χ0n) is 10.0. The highest BCUT2D eigenvalue weighted by atomic mass is 79.9. The van der Waals surface area contributed by atoms with Crippen LogP contribution in [0.3, 0.4) is 0 Å². The second kappa shape index (κ2) is 6.58. The van der Waals surface area contributed by atoms with E-state index < -0.39 is 0 Å². The number of benzene rings is 1. The lowest BCUT2D eigenvalue weighted by Crippen LogP contribution is -1.90. The van der Waals surface area contributed by atoms with Gasteiger partial charge in [0.15, 0.2) is 0 Å². The quantitative estimate of drug-likeness (QED) is 0.590. The fourth-order valence-electron chi connectivity index (χ4n) is 1.45. The van der Waals surface area contributed by atoms with Gasteiger partial charge in [-0.1, -0.05) is 84.2 Å². The Hall–Kier alpha value is -1.31. The van der Waals surface area contributed by atoms with Crippen molar-refractivity contribution in [2.75, 3.05) is 0 Å². The summed E-state index contributed by atoms with van der Waals surface area (Å²) in [5, 5.41) is 0.460. The minimum atomic E-state index is 0.460. The Morgan fingerprint density at radius 1 is 1.00 bits per heavy atom. The first-order chi connectivity index (χ1) is 8.43. The predicted molar refractivity (Wildman–Crippen MR) is 86.7 cm³/mol. The van der Waals surface area contributed by atoms with Crippen LogP contribution in [0.1, 0.15) is 11.1 Å². The summed E-state index contributed by atoms with van der Waals surface area (Å²) in [6, 6.07) is 7.88. The molecular weight excluding hydrogens is 308 g/mol. The van der Waals surface area contributed by atoms with Crippen LogP contribution >= 0.6 is 27.5 Å². The smallest absolute Gasteiger partial charge is 0.0334 e. The Morgan fingerprint density at radius 3 is 2.06 bits per heavy atom. The molecular formula is C16H14BrCl. The van der Waals surface area contributed by atoms with Crippen molar-refractivity contribution in [3.63, 3.8) is 0 Å². The second-order valence-electron chi connectivity index (χ2n) is 3.73. The van der Waals surface area contributed by atoms with Gasteiger partial charge < -0.3 is 0 Å². The summed E-state index contributed by atoms with van der Waals surface area (Å²) in [6.45, 7) is 15.5. The lowest BCUT2D eigenvalue weighted by molar-refractivity contribution is 1.56. The van der Waals surface area contributed by atoms with Crippen molar-refractivity contribution < 1.29 is 0 Å². The first-order valence-corrected chi connectivity index (χ1v) is 6.45. The average Bonchev–Trinajstić information content (AvgIpc) is 2.34. The summed E-state index contributed by atoms with van der Waals surface area (Å²) in [5.74, 6) is 0. The highest BCUT2D eigenvalue weighted by molar-refractivity contribution is 9.15. The van der Waals surface area contributed by atoms with Crippen LogP contribution in [0, 0.1) is 0 Å². The standard InChI is InChI=1S/C16H14BrCl/c1-11(9-10-12(2)18)13(3)15-7-5-6-8-16(15)14(4)17/h5-10H,1-4H2. The first-order valence-electron chi connectivity index (χ1n) is 5.28. The van der Waals surface area contributed by atoms with Crippen molar-refractivity contribution in [2.45, 2.75) is 0 Å². The normalized spacial score (nSPS) is 10.3. The average molecular weight is 322 g/mol. The van der Waals surface area contributed by atoms with E-state index in [-0.39, 0.29) is 0 Å². The van der Waals surface area contributed by atoms with E-state index >= 15 is 0 Å². The van der Waals surface area contributed by atoms with Gasteiger partial charge in [-0.3, -0.25) is 0 Å². The van der Waals surface area contributed by atoms with Gasteiger partial charge in [0.05, 0.1) is 0 Å². The maximum atomic E-state index is 5.68. The second-order valence-corrected chi connectivity index (χ2v) is 5.18. The van der Waals surface area contributed by atoms with Crippen molar-refractivity contribution in [3.05, 3.63) is 84.5 Å². The number of allylic oxidation sites excluding steroid dienone is 5. The molecule has 0 spiro atoms. The van der Waals surface area contributed by atoms with Crippen LogP contribution in [0.15, 0.2) is 73.3 Å². The van der Waals surface area contributed by atoms with Crippen LogP contribution in [0.5, 0.6) is 0 Å². The Labute approximate surface area is 122 Å². The third-order valence-electron chi connectivity index (χ3n) is 2.40. The highest BCUT2D eigenvalue weighted by Crippen LogP contribution is 2.30. The molecule has 0 N–H and O–H groups in total. The first kappa shape index (κ1) is 14.7. The zero-order chi connectivity index (χ0) is 13.7. The molecule has 1 aromatic rings. The Bertz CT molecular complexity index is 550. The largest absolute Gasteiger partial charge is 0.0912 e. The molecule has 2 heteroatoms. The van der Waals surface area contributed by atoms with Gasteiger partial charge in [0.2, 0.25) is 0 Å². The third kappa shape index (κ3) is 3.86. The van der Waals surface area contributed by atoms with Gasteiger partial charge in [0, 0.05) is 9.51 Å². The number of halogens is 2. The van der Waals surface area contributed by atoms with Crippen molar-refractivity contribution >= 4 is 37.6 Å². The molecule has 0 nitrogen and oxygen atoms in total. The van der Waals surface area contributed by atoms with E-state index in [0.29, 0.717) is 5.03 Å². The van der Waals surface area contributed by atoms with E-state index in [2.05, 4.69) is 42.2 Å². The summed E-state index contributed by atoms with van der Waals surface area (Å²) >= 11 is 9.08. The highest BCUT2D eigenvalue weighted by Gasteiger charge is 2.07. The SMILES string of the molecule is C=C(Cl)C=CC(=C)C(=C)c1ccccc1C(=C)Br. The van der Waals surface area contributed by atoms with E-state index in [9.17, 15) is 0 Å². The van der Waals surface area contributed by atoms with Crippen LogP contribution in [0.4, 0.5) is 0 Å². The van der Waals surface area contributed by atoms with Crippen LogP contribution in [-0.2, 0) is 0 Å². The maximum Gasteiger partial charge on any atom is 0.0334 e. The molecule has 18 heavy (non-hydrogen) atoms. The number of rotatable bonds is 5. The van der Waals surface area contributed by atoms with Crippen molar-refractivity contribution in [3.8, 4) is 0 Å². The Morgan fingerprint density at radius 2 is 1.56 bits per heavy atom. The fraction of sp³-hybridized carbons (Fsp3) is 0. The predicted octanol–water partition coefficient (Wildman–Crippen LogP) is 5.93. The summed E-state index contributed by atoms with van der Waals surface area (Å²) in [6.07, 6.45) is 3.49. The number of hydrogen-bond donors (Lipinski definition) is 0. The molecule has 0 aliphatic rings. The van der Waals surface area contributed by atoms with Crippen LogP contribution in [0.25, 0.3) is 10.1 Å². The van der Waals surface area contributed by atoms with Gasteiger partial charge in [0.25, 0.3) is 0 Å². The molecule has 0 heterocycles. The number of hydrogen-bond acceptors (Lipinski definition) is 0. The Balaban J connectivity index is 3.08. The molecule has 0 saturated carbocycles. The summed E-state index contributed by atoms with van der Waals surface area (Å²) in [4.78, 5) is 0. The van der Waals surface area contributed by atoms with Crippen LogP contribution in [0.2, 0.25) is 0 Å². The van der Waals surface area contributed by atoms with E-state index in [1.54, 1.807) is 12.2 Å². The molecule has 92 valence electrons. The molecule has 1 rings (SSSR count). The zero-order valence-corrected chi connectivity index (χ0v) is 12.4. The molecule has 0 radical (unpaired) electrons. The van der Waals surface area contributed by atoms with Gasteiger partial charge in [-0.15, -0.1) is 0 Å². The maximum absolute atomic E-state index is 5.68. The Kier molecular flexibility index (Phi) is 5.39. The molecule has 0 aliphatic carbocycles. The lowest BCUT2D eigenvalue weighted by atomic mass is 9.95. The minimum absolute atomic E-state index is 0.460. The van der Waals surface area contributed by atoms with E-state index in [4.69, 9.17) is 11.6 Å². The summed E-state index contributed by atoms with van der Waals surface area (Å²) < 4.78 is 0.817. The third-order valence-corrected chi connectivity index (χ3v) is 2.95. The van der Waals surface area contributed by atoms with Crippen molar-refractivity contribution in [1.82, 2.24) is 0 Å². The van der Waals surface area contributed by atoms with E-state index in [1.165, 1.54) is 0 Å². The monoisotopic (exact) mass is 320 g/mol. The summed E-state index contributed by atoms with van der Waals surface area (Å²) in [5.41, 5.74) is 3.62. The molecule has 1 aromatic carbocycles. The minimum Gasteiger partial charge on any atom is -0.0912 e. The van der Waals surface area contributed by atoms with Gasteiger partial charge in [-0.25, -0.2) is 0 Å². The molecule has 0 unspecified atom stereocenters. The molecule has 0 saturated heterocycles. The topological polar surface area (TPSA) is 0 Å². The van der Waals surface area contributed by atoms with Gasteiger partial charge in [-0.2, -0.15) is 0 Å². The lowest BCUT2D eigenvalue weighted by Gasteiger charge is -2.11. The van der Waals surface area contributed by atoms with Gasteiger partial charge >= 0.3 is 0 Å². The van der Waals surface area contributed by atoms with Crippen molar-refractivity contribution in [2.24, 2.45) is 0 Å². The molecule has 0 bridgehead atoms. The van der Waals surface area contributed by atoms with E-state index in [0.717, 1.165) is 26.8 Å². The van der Waals surface area contributed by atoms with Gasteiger partial charge in [-0.05, 0) is 28.3 Å².